The molecular formula is C18H18O3. The molecule has 0 aliphatic heterocycles. The summed E-state index contributed by atoms with van der Waals surface area (Å²) in [6.45, 7) is 4.46. The van der Waals surface area contributed by atoms with Gasteiger partial charge in [-0.1, -0.05) is 36.4 Å². The van der Waals surface area contributed by atoms with Gasteiger partial charge in [0.15, 0.2) is 0 Å². The van der Waals surface area contributed by atoms with E-state index in [1.807, 2.05) is 56.3 Å². The van der Waals surface area contributed by atoms with Gasteiger partial charge < -0.3 is 9.84 Å². The number of carboxylic acid groups (broad SMARTS) is 1. The van der Waals surface area contributed by atoms with Gasteiger partial charge >= 0.3 is 5.97 Å². The van der Waals surface area contributed by atoms with Crippen LogP contribution in [0, 0.1) is 13.8 Å². The summed E-state index contributed by atoms with van der Waals surface area (Å²) in [7, 11) is 0. The van der Waals surface area contributed by atoms with Crippen LogP contribution < -0.4 is 4.74 Å². The predicted octanol–water partition coefficient (Wildman–Crippen LogP) is 3.98. The Kier molecular flexibility index (Phi) is 4.77. The first-order valence-electron chi connectivity index (χ1n) is 6.76. The summed E-state index contributed by atoms with van der Waals surface area (Å²) in [4.78, 5) is 10.6. The molecule has 0 aliphatic carbocycles. The Morgan fingerprint density at radius 3 is 2.48 bits per heavy atom. The van der Waals surface area contributed by atoms with Crippen molar-refractivity contribution in [3.63, 3.8) is 0 Å². The summed E-state index contributed by atoms with van der Waals surface area (Å²) in [5.41, 5.74) is 4.06. The van der Waals surface area contributed by atoms with Crippen LogP contribution in [0.2, 0.25) is 0 Å². The van der Waals surface area contributed by atoms with Gasteiger partial charge in [0.25, 0.3) is 0 Å². The lowest BCUT2D eigenvalue weighted by atomic mass is 10.0. The normalized spacial score (nSPS) is 10.8. The fraction of sp³-hybridized carbons (Fsp3) is 0.167. The Morgan fingerprint density at radius 2 is 1.81 bits per heavy atom. The molecule has 0 atom stereocenters. The Labute approximate surface area is 124 Å². The highest BCUT2D eigenvalue weighted by molar-refractivity contribution is 5.85. The first-order valence-corrected chi connectivity index (χ1v) is 6.76. The second-order valence-electron chi connectivity index (χ2n) is 4.85. The lowest BCUT2D eigenvalue weighted by Crippen LogP contribution is -1.99. The molecule has 0 saturated heterocycles. The molecule has 0 saturated carbocycles. The third-order valence-corrected chi connectivity index (χ3v) is 3.42. The quantitative estimate of drug-likeness (QED) is 0.844. The molecule has 2 aromatic carbocycles. The van der Waals surface area contributed by atoms with Crippen molar-refractivity contribution < 1.29 is 14.6 Å². The van der Waals surface area contributed by atoms with Gasteiger partial charge in [-0.15, -0.1) is 0 Å². The summed E-state index contributed by atoms with van der Waals surface area (Å²) in [5, 5.41) is 8.69. The monoisotopic (exact) mass is 282 g/mol. The molecule has 21 heavy (non-hydrogen) atoms. The van der Waals surface area contributed by atoms with Crippen LogP contribution in [0.5, 0.6) is 5.75 Å². The minimum atomic E-state index is -0.948. The summed E-state index contributed by atoms with van der Waals surface area (Å²) in [6, 6.07) is 13.7. The first kappa shape index (κ1) is 14.9. The van der Waals surface area contributed by atoms with Crippen LogP contribution in [0.1, 0.15) is 22.3 Å². The van der Waals surface area contributed by atoms with Gasteiger partial charge in [-0.25, -0.2) is 4.79 Å². The topological polar surface area (TPSA) is 46.5 Å². The molecule has 1 N–H and O–H groups in total. The molecule has 2 aromatic rings. The largest absolute Gasteiger partial charge is 0.489 e. The van der Waals surface area contributed by atoms with Gasteiger partial charge in [-0.05, 0) is 48.2 Å². The number of ether oxygens (including phenoxy) is 1. The molecule has 0 heterocycles. The minimum Gasteiger partial charge on any atom is -0.489 e. The molecular weight excluding hydrogens is 264 g/mol. The van der Waals surface area contributed by atoms with E-state index >= 15 is 0 Å². The lowest BCUT2D eigenvalue weighted by Gasteiger charge is -2.13. The van der Waals surface area contributed by atoms with Crippen LogP contribution in [0.4, 0.5) is 0 Å². The van der Waals surface area contributed by atoms with E-state index in [-0.39, 0.29) is 0 Å². The Morgan fingerprint density at radius 1 is 1.10 bits per heavy atom. The molecule has 108 valence electrons. The molecule has 3 heteroatoms. The molecule has 0 fully saturated rings. The molecule has 0 aromatic heterocycles. The lowest BCUT2D eigenvalue weighted by molar-refractivity contribution is -0.131. The van der Waals surface area contributed by atoms with Crippen molar-refractivity contribution in [2.45, 2.75) is 20.5 Å². The van der Waals surface area contributed by atoms with E-state index in [1.165, 1.54) is 0 Å². The van der Waals surface area contributed by atoms with Crippen molar-refractivity contribution in [2.75, 3.05) is 0 Å². The highest BCUT2D eigenvalue weighted by atomic mass is 16.5. The second-order valence-corrected chi connectivity index (χ2v) is 4.85. The SMILES string of the molecule is Cc1c(C=CC(=O)O)ccc(OCc2ccccc2)c1C. The van der Waals surface area contributed by atoms with Gasteiger partial charge in [0, 0.05) is 6.08 Å². The molecule has 0 unspecified atom stereocenters. The third kappa shape index (κ3) is 3.96. The number of aliphatic carboxylic acids is 1. The average Bonchev–Trinajstić information content (AvgIpc) is 2.48. The highest BCUT2D eigenvalue weighted by Crippen LogP contribution is 2.25. The zero-order chi connectivity index (χ0) is 15.2. The van der Waals surface area contributed by atoms with E-state index in [9.17, 15) is 4.79 Å². The maximum Gasteiger partial charge on any atom is 0.328 e. The predicted molar refractivity (Wildman–Crippen MR) is 83.4 cm³/mol. The van der Waals surface area contributed by atoms with Crippen LogP contribution in [0.3, 0.4) is 0 Å². The smallest absolute Gasteiger partial charge is 0.328 e. The van der Waals surface area contributed by atoms with Crippen LogP contribution >= 0.6 is 0 Å². The number of hydrogen-bond acceptors (Lipinski definition) is 2. The third-order valence-electron chi connectivity index (χ3n) is 3.42. The zero-order valence-corrected chi connectivity index (χ0v) is 12.2. The number of benzene rings is 2. The van der Waals surface area contributed by atoms with E-state index in [0.717, 1.165) is 34.1 Å². The van der Waals surface area contributed by atoms with Crippen molar-refractivity contribution >= 4 is 12.0 Å². The summed E-state index contributed by atoms with van der Waals surface area (Å²) in [5.74, 6) is -0.125. The van der Waals surface area contributed by atoms with Gasteiger partial charge in [-0.3, -0.25) is 0 Å². The van der Waals surface area contributed by atoms with E-state index in [0.29, 0.717) is 6.61 Å². The fourth-order valence-electron chi connectivity index (χ4n) is 2.05. The fourth-order valence-corrected chi connectivity index (χ4v) is 2.05. The van der Waals surface area contributed by atoms with E-state index in [1.54, 1.807) is 6.08 Å². The van der Waals surface area contributed by atoms with E-state index in [2.05, 4.69) is 0 Å². The van der Waals surface area contributed by atoms with Gasteiger partial charge in [0.1, 0.15) is 12.4 Å². The van der Waals surface area contributed by atoms with Crippen LogP contribution in [0.15, 0.2) is 48.5 Å². The standard InChI is InChI=1S/C18H18O3/c1-13-14(2)17(10-8-16(13)9-11-18(19)20)21-12-15-6-4-3-5-7-15/h3-11H,12H2,1-2H3,(H,19,20). The van der Waals surface area contributed by atoms with Crippen molar-refractivity contribution in [3.05, 3.63) is 70.8 Å². The summed E-state index contributed by atoms with van der Waals surface area (Å²) in [6.07, 6.45) is 2.75. The number of hydrogen-bond donors (Lipinski definition) is 1. The molecule has 0 radical (unpaired) electrons. The summed E-state index contributed by atoms with van der Waals surface area (Å²) < 4.78 is 5.84. The van der Waals surface area contributed by atoms with Gasteiger partial charge in [0.05, 0.1) is 0 Å². The number of carboxylic acids is 1. The molecule has 0 bridgehead atoms. The molecule has 0 aliphatic rings. The Hall–Kier alpha value is -2.55. The van der Waals surface area contributed by atoms with Crippen molar-refractivity contribution in [1.82, 2.24) is 0 Å². The molecule has 3 nitrogen and oxygen atoms in total. The first-order chi connectivity index (χ1) is 10.1. The van der Waals surface area contributed by atoms with Gasteiger partial charge in [0.2, 0.25) is 0 Å². The highest BCUT2D eigenvalue weighted by Gasteiger charge is 2.06. The molecule has 0 spiro atoms. The Balaban J connectivity index is 2.15. The van der Waals surface area contributed by atoms with Crippen molar-refractivity contribution in [1.29, 1.82) is 0 Å². The maximum absolute atomic E-state index is 10.6. The van der Waals surface area contributed by atoms with Crippen LogP contribution in [-0.4, -0.2) is 11.1 Å². The van der Waals surface area contributed by atoms with Crippen LogP contribution in [0.25, 0.3) is 6.08 Å². The van der Waals surface area contributed by atoms with Crippen molar-refractivity contribution in [2.24, 2.45) is 0 Å². The zero-order valence-electron chi connectivity index (χ0n) is 12.2. The Bertz CT molecular complexity index is 658. The minimum absolute atomic E-state index is 0.519. The number of carbonyl (C=O) groups is 1. The second kappa shape index (κ2) is 6.75. The summed E-state index contributed by atoms with van der Waals surface area (Å²) >= 11 is 0. The van der Waals surface area contributed by atoms with E-state index in [4.69, 9.17) is 9.84 Å². The molecule has 0 amide bonds. The average molecular weight is 282 g/mol. The van der Waals surface area contributed by atoms with Crippen LogP contribution in [-0.2, 0) is 11.4 Å². The van der Waals surface area contributed by atoms with E-state index < -0.39 is 5.97 Å². The maximum atomic E-state index is 10.6. The number of rotatable bonds is 5. The van der Waals surface area contributed by atoms with Gasteiger partial charge in [-0.2, -0.15) is 0 Å². The van der Waals surface area contributed by atoms with Crippen molar-refractivity contribution in [3.8, 4) is 5.75 Å². The molecule has 2 rings (SSSR count).